The van der Waals surface area contributed by atoms with Gasteiger partial charge in [0.15, 0.2) is 5.75 Å². The summed E-state index contributed by atoms with van der Waals surface area (Å²) in [4.78, 5) is 25.3. The number of nitrogens with one attached hydrogen (secondary N) is 1. The first-order valence-electron chi connectivity index (χ1n) is 9.49. The number of pyridine rings is 1. The van der Waals surface area contributed by atoms with Gasteiger partial charge in [-0.05, 0) is 50.1 Å². The minimum atomic E-state index is -0.508. The van der Waals surface area contributed by atoms with Crippen LogP contribution in [0.15, 0.2) is 48.8 Å². The van der Waals surface area contributed by atoms with E-state index in [0.29, 0.717) is 28.8 Å². The van der Waals surface area contributed by atoms with Crippen molar-refractivity contribution in [2.75, 3.05) is 11.9 Å². The number of anilines is 1. The molecule has 1 fully saturated rings. The molecule has 1 N–H and O–H groups in total. The van der Waals surface area contributed by atoms with Gasteiger partial charge >= 0.3 is 0 Å². The van der Waals surface area contributed by atoms with E-state index in [1.54, 1.807) is 18.3 Å². The van der Waals surface area contributed by atoms with Crippen molar-refractivity contribution in [3.8, 4) is 5.75 Å². The van der Waals surface area contributed by atoms with E-state index in [1.807, 2.05) is 26.0 Å². The molecule has 2 atom stereocenters. The number of hydrogen-bond acceptors (Lipinski definition) is 5. The number of rotatable bonds is 6. The highest BCUT2D eigenvalue weighted by Gasteiger charge is 2.60. The van der Waals surface area contributed by atoms with Crippen molar-refractivity contribution >= 4 is 23.3 Å². The average Bonchev–Trinajstić information content (AvgIpc) is 3.45. The first-order valence-corrected chi connectivity index (χ1v) is 9.87. The van der Waals surface area contributed by atoms with E-state index in [2.05, 4.69) is 20.3 Å². The molecule has 1 saturated carbocycles. The number of carbonyl (C=O) groups is 1. The SMILES string of the molecule is Cc1ncc(OCC2(c3ccc(Cl)cc3)CC2C(=O)Nc2ccc(F)cn2)c(C)n1. The molecule has 3 aromatic rings. The van der Waals surface area contributed by atoms with Gasteiger partial charge in [0, 0.05) is 10.4 Å². The molecule has 2 heterocycles. The first-order chi connectivity index (χ1) is 14.4. The molecule has 4 rings (SSSR count). The Bertz CT molecular complexity index is 1080. The molecule has 154 valence electrons. The smallest absolute Gasteiger partial charge is 0.229 e. The molecular weight excluding hydrogens is 407 g/mol. The van der Waals surface area contributed by atoms with Crippen molar-refractivity contribution in [2.45, 2.75) is 25.7 Å². The summed E-state index contributed by atoms with van der Waals surface area (Å²) in [6, 6.07) is 10.1. The van der Waals surface area contributed by atoms with E-state index in [1.165, 1.54) is 12.1 Å². The molecule has 1 aliphatic rings. The molecule has 30 heavy (non-hydrogen) atoms. The molecule has 1 amide bonds. The first kappa shape index (κ1) is 20.2. The van der Waals surface area contributed by atoms with Crippen LogP contribution in [0.4, 0.5) is 10.2 Å². The van der Waals surface area contributed by atoms with Crippen molar-refractivity contribution < 1.29 is 13.9 Å². The summed E-state index contributed by atoms with van der Waals surface area (Å²) in [5, 5.41) is 3.38. The Labute approximate surface area is 178 Å². The van der Waals surface area contributed by atoms with E-state index in [0.717, 1.165) is 17.5 Å². The second kappa shape index (κ2) is 7.99. The molecule has 0 bridgehead atoms. The molecule has 8 heteroatoms. The molecule has 1 aliphatic carbocycles. The van der Waals surface area contributed by atoms with Gasteiger partial charge in [-0.1, -0.05) is 23.7 Å². The van der Waals surface area contributed by atoms with Gasteiger partial charge in [0.05, 0.1) is 30.6 Å². The fourth-order valence-electron chi connectivity index (χ4n) is 3.58. The van der Waals surface area contributed by atoms with Crippen LogP contribution in [0.2, 0.25) is 5.02 Å². The Morgan fingerprint density at radius 3 is 2.63 bits per heavy atom. The lowest BCUT2D eigenvalue weighted by Crippen LogP contribution is -2.27. The summed E-state index contributed by atoms with van der Waals surface area (Å²) >= 11 is 6.04. The second-order valence-electron chi connectivity index (χ2n) is 7.43. The Balaban J connectivity index is 1.55. The predicted molar refractivity (Wildman–Crippen MR) is 111 cm³/mol. The van der Waals surface area contributed by atoms with Crippen LogP contribution in [0.25, 0.3) is 0 Å². The minimum Gasteiger partial charge on any atom is -0.489 e. The number of hydrogen-bond donors (Lipinski definition) is 1. The maximum Gasteiger partial charge on any atom is 0.229 e. The second-order valence-corrected chi connectivity index (χ2v) is 7.86. The van der Waals surface area contributed by atoms with E-state index in [-0.39, 0.29) is 18.4 Å². The molecule has 2 aromatic heterocycles. The van der Waals surface area contributed by atoms with E-state index >= 15 is 0 Å². The largest absolute Gasteiger partial charge is 0.489 e. The molecule has 0 aliphatic heterocycles. The predicted octanol–water partition coefficient (Wildman–Crippen LogP) is 4.26. The van der Waals surface area contributed by atoms with Gasteiger partial charge in [-0.25, -0.2) is 19.3 Å². The number of benzene rings is 1. The third-order valence-electron chi connectivity index (χ3n) is 5.33. The number of aromatic nitrogens is 3. The van der Waals surface area contributed by atoms with Gasteiger partial charge in [0.1, 0.15) is 17.5 Å². The number of nitrogens with zero attached hydrogens (tertiary/aromatic N) is 3. The highest BCUT2D eigenvalue weighted by Crippen LogP contribution is 2.55. The topological polar surface area (TPSA) is 77.0 Å². The van der Waals surface area contributed by atoms with Crippen molar-refractivity contribution in [1.29, 1.82) is 0 Å². The van der Waals surface area contributed by atoms with Crippen LogP contribution in [0.1, 0.15) is 23.5 Å². The fourth-order valence-corrected chi connectivity index (χ4v) is 3.70. The highest BCUT2D eigenvalue weighted by atomic mass is 35.5. The van der Waals surface area contributed by atoms with Crippen LogP contribution < -0.4 is 10.1 Å². The lowest BCUT2D eigenvalue weighted by molar-refractivity contribution is -0.117. The molecule has 6 nitrogen and oxygen atoms in total. The Morgan fingerprint density at radius 2 is 1.97 bits per heavy atom. The summed E-state index contributed by atoms with van der Waals surface area (Å²) in [7, 11) is 0. The molecule has 0 radical (unpaired) electrons. The summed E-state index contributed by atoms with van der Waals surface area (Å²) in [6.07, 6.45) is 3.32. The lowest BCUT2D eigenvalue weighted by atomic mass is 9.93. The fraction of sp³-hybridized carbons (Fsp3) is 0.273. The van der Waals surface area contributed by atoms with Gasteiger partial charge in [0.2, 0.25) is 5.91 Å². The van der Waals surface area contributed by atoms with E-state index in [9.17, 15) is 9.18 Å². The zero-order chi connectivity index (χ0) is 21.3. The summed E-state index contributed by atoms with van der Waals surface area (Å²) < 4.78 is 19.1. The average molecular weight is 427 g/mol. The van der Waals surface area contributed by atoms with E-state index in [4.69, 9.17) is 16.3 Å². The number of amides is 1. The number of halogens is 2. The standard InChI is InChI=1S/C22H20ClFN4O2/c1-13-19(11-25-14(2)27-13)30-12-22(15-3-5-16(23)6-4-15)9-18(22)21(29)28-20-8-7-17(24)10-26-20/h3-8,10-11,18H,9,12H2,1-2H3,(H,26,28,29). The van der Waals surface area contributed by atoms with Gasteiger partial charge in [-0.2, -0.15) is 0 Å². The van der Waals surface area contributed by atoms with Gasteiger partial charge in [0.25, 0.3) is 0 Å². The van der Waals surface area contributed by atoms with Crippen molar-refractivity contribution in [1.82, 2.24) is 15.0 Å². The van der Waals surface area contributed by atoms with Crippen molar-refractivity contribution in [3.05, 3.63) is 76.7 Å². The monoisotopic (exact) mass is 426 g/mol. The summed E-state index contributed by atoms with van der Waals surface area (Å²) in [5.41, 5.74) is 1.20. The van der Waals surface area contributed by atoms with Crippen LogP contribution in [0.3, 0.4) is 0 Å². The van der Waals surface area contributed by atoms with Crippen LogP contribution in [0.5, 0.6) is 5.75 Å². The highest BCUT2D eigenvalue weighted by molar-refractivity contribution is 6.30. The maximum absolute atomic E-state index is 13.1. The molecule has 0 spiro atoms. The van der Waals surface area contributed by atoms with Crippen molar-refractivity contribution in [2.24, 2.45) is 5.92 Å². The third-order valence-corrected chi connectivity index (χ3v) is 5.58. The Hall–Kier alpha value is -3.06. The summed E-state index contributed by atoms with van der Waals surface area (Å²) in [5.74, 6) is 0.589. The third kappa shape index (κ3) is 4.11. The zero-order valence-corrected chi connectivity index (χ0v) is 17.3. The number of ether oxygens (including phenoxy) is 1. The Kier molecular flexibility index (Phi) is 5.39. The maximum atomic E-state index is 13.1. The lowest BCUT2D eigenvalue weighted by Gasteiger charge is -2.19. The number of carbonyl (C=O) groups excluding carboxylic acids is 1. The quantitative estimate of drug-likeness (QED) is 0.637. The van der Waals surface area contributed by atoms with Crippen LogP contribution >= 0.6 is 11.6 Å². The van der Waals surface area contributed by atoms with Crippen LogP contribution in [-0.2, 0) is 10.2 Å². The minimum absolute atomic E-state index is 0.190. The van der Waals surface area contributed by atoms with Crippen molar-refractivity contribution in [3.63, 3.8) is 0 Å². The molecular formula is C22H20ClFN4O2. The normalized spacial score (nSPS) is 19.9. The summed E-state index contributed by atoms with van der Waals surface area (Å²) in [6.45, 7) is 3.96. The zero-order valence-electron chi connectivity index (χ0n) is 16.5. The molecule has 1 aromatic carbocycles. The van der Waals surface area contributed by atoms with Gasteiger partial charge in [-0.15, -0.1) is 0 Å². The number of aryl methyl sites for hydroxylation is 2. The van der Waals surface area contributed by atoms with Gasteiger partial charge in [-0.3, -0.25) is 4.79 Å². The van der Waals surface area contributed by atoms with E-state index < -0.39 is 11.2 Å². The van der Waals surface area contributed by atoms with Crippen LogP contribution in [-0.4, -0.2) is 27.5 Å². The Morgan fingerprint density at radius 1 is 1.20 bits per heavy atom. The van der Waals surface area contributed by atoms with Crippen LogP contribution in [0, 0.1) is 25.6 Å². The molecule has 0 saturated heterocycles. The van der Waals surface area contributed by atoms with Gasteiger partial charge < -0.3 is 10.1 Å². The molecule has 2 unspecified atom stereocenters.